The van der Waals surface area contributed by atoms with Crippen LogP contribution in [-0.4, -0.2) is 7.05 Å². The van der Waals surface area contributed by atoms with Crippen LogP contribution in [0.5, 0.6) is 0 Å². The summed E-state index contributed by atoms with van der Waals surface area (Å²) >= 11 is 9.92. The monoisotopic (exact) mass is 345 g/mol. The van der Waals surface area contributed by atoms with E-state index < -0.39 is 0 Å². The van der Waals surface area contributed by atoms with Crippen molar-refractivity contribution in [2.75, 3.05) is 7.05 Å². The lowest BCUT2D eigenvalue weighted by molar-refractivity contribution is 0.365. The van der Waals surface area contributed by atoms with Crippen molar-refractivity contribution in [3.8, 4) is 0 Å². The first-order valence-corrected chi connectivity index (χ1v) is 8.42. The molecule has 0 aliphatic rings. The Bertz CT molecular complexity index is 381. The van der Waals surface area contributed by atoms with E-state index in [9.17, 15) is 0 Å². The second kappa shape index (κ2) is 8.99. The Labute approximate surface area is 131 Å². The molecule has 1 aromatic carbocycles. The van der Waals surface area contributed by atoms with Crippen LogP contribution in [0, 0.1) is 5.92 Å². The molecule has 0 amide bonds. The third-order valence-corrected chi connectivity index (χ3v) is 5.13. The summed E-state index contributed by atoms with van der Waals surface area (Å²) in [4.78, 5) is 0. The summed E-state index contributed by atoms with van der Waals surface area (Å²) in [6.07, 6.45) is 6.31. The predicted molar refractivity (Wildman–Crippen MR) is 88.9 cm³/mol. The molecule has 0 bridgehead atoms. The van der Waals surface area contributed by atoms with Crippen LogP contribution in [-0.2, 0) is 0 Å². The van der Waals surface area contributed by atoms with Crippen LogP contribution in [0.2, 0.25) is 5.02 Å². The molecule has 0 aromatic heterocycles. The third kappa shape index (κ3) is 5.09. The minimum atomic E-state index is 0.340. The number of rotatable bonds is 8. The van der Waals surface area contributed by atoms with Crippen LogP contribution in [0.25, 0.3) is 0 Å². The molecule has 108 valence electrons. The summed E-state index contributed by atoms with van der Waals surface area (Å²) in [6.45, 7) is 4.54. The van der Waals surface area contributed by atoms with Crippen molar-refractivity contribution in [3.63, 3.8) is 0 Å². The average molecular weight is 347 g/mol. The Hall–Kier alpha value is -0.0500. The highest BCUT2D eigenvalue weighted by Gasteiger charge is 2.18. The van der Waals surface area contributed by atoms with Crippen LogP contribution >= 0.6 is 27.5 Å². The second-order valence-electron chi connectivity index (χ2n) is 5.14. The molecule has 0 radical (unpaired) electrons. The molecule has 1 nitrogen and oxygen atoms in total. The molecular weight excluding hydrogens is 322 g/mol. The van der Waals surface area contributed by atoms with Gasteiger partial charge in [0.05, 0.1) is 5.02 Å². The summed E-state index contributed by atoms with van der Waals surface area (Å²) in [5.74, 6) is 0.771. The van der Waals surface area contributed by atoms with Crippen molar-refractivity contribution >= 4 is 27.5 Å². The van der Waals surface area contributed by atoms with Crippen LogP contribution < -0.4 is 5.32 Å². The number of nitrogens with one attached hydrogen (secondary N) is 1. The highest BCUT2D eigenvalue weighted by molar-refractivity contribution is 9.10. The zero-order valence-corrected chi connectivity index (χ0v) is 14.5. The van der Waals surface area contributed by atoms with E-state index in [-0.39, 0.29) is 0 Å². The van der Waals surface area contributed by atoms with E-state index in [0.29, 0.717) is 6.04 Å². The van der Waals surface area contributed by atoms with Gasteiger partial charge in [-0.05, 0) is 46.9 Å². The third-order valence-electron chi connectivity index (χ3n) is 3.82. The molecule has 0 saturated carbocycles. The van der Waals surface area contributed by atoms with Gasteiger partial charge in [-0.2, -0.15) is 0 Å². The van der Waals surface area contributed by atoms with E-state index in [2.05, 4.69) is 47.2 Å². The molecule has 0 aliphatic heterocycles. The molecule has 3 heteroatoms. The van der Waals surface area contributed by atoms with Crippen molar-refractivity contribution in [1.82, 2.24) is 5.32 Å². The van der Waals surface area contributed by atoms with Crippen LogP contribution in [0.15, 0.2) is 22.7 Å². The molecular formula is C16H25BrClN. The summed E-state index contributed by atoms with van der Waals surface area (Å²) in [5, 5.41) is 4.26. The van der Waals surface area contributed by atoms with Gasteiger partial charge in [0.25, 0.3) is 0 Å². The summed E-state index contributed by atoms with van der Waals surface area (Å²) < 4.78 is 0.980. The molecule has 1 rings (SSSR count). The van der Waals surface area contributed by atoms with Gasteiger partial charge in [0, 0.05) is 10.5 Å². The van der Waals surface area contributed by atoms with Gasteiger partial charge in [0.1, 0.15) is 0 Å². The normalized spacial score (nSPS) is 14.4. The summed E-state index contributed by atoms with van der Waals surface area (Å²) in [7, 11) is 2.02. The lowest BCUT2D eigenvalue weighted by atomic mass is 9.89. The van der Waals surface area contributed by atoms with E-state index >= 15 is 0 Å². The van der Waals surface area contributed by atoms with Gasteiger partial charge in [0.15, 0.2) is 0 Å². The van der Waals surface area contributed by atoms with Gasteiger partial charge in [-0.25, -0.2) is 0 Å². The highest BCUT2D eigenvalue weighted by Crippen LogP contribution is 2.34. The Morgan fingerprint density at radius 3 is 2.63 bits per heavy atom. The standard InChI is InChI=1S/C16H25BrClN/c1-4-6-8-12(5-2)11-15(19-3)13-9-7-10-14(17)16(13)18/h7,9-10,12,15,19H,4-6,8,11H2,1-3H3. The maximum Gasteiger partial charge on any atom is 0.0595 e. The number of halogens is 2. The molecule has 2 atom stereocenters. The second-order valence-corrected chi connectivity index (χ2v) is 6.37. The largest absolute Gasteiger partial charge is 0.313 e. The minimum absolute atomic E-state index is 0.340. The first-order valence-electron chi connectivity index (χ1n) is 7.25. The molecule has 0 fully saturated rings. The van der Waals surface area contributed by atoms with E-state index in [1.165, 1.54) is 31.2 Å². The fourth-order valence-electron chi connectivity index (χ4n) is 2.50. The topological polar surface area (TPSA) is 12.0 Å². The first-order chi connectivity index (χ1) is 9.13. The van der Waals surface area contributed by atoms with Crippen LogP contribution in [0.3, 0.4) is 0 Å². The smallest absolute Gasteiger partial charge is 0.0595 e. The van der Waals surface area contributed by atoms with Gasteiger partial charge in [-0.1, -0.05) is 63.3 Å². The van der Waals surface area contributed by atoms with E-state index in [1.807, 2.05) is 13.1 Å². The summed E-state index contributed by atoms with van der Waals surface area (Å²) in [5.41, 5.74) is 1.20. The quantitative estimate of drug-likeness (QED) is 0.611. The highest BCUT2D eigenvalue weighted by atomic mass is 79.9. The Morgan fingerprint density at radius 2 is 2.05 bits per heavy atom. The van der Waals surface area contributed by atoms with Crippen molar-refractivity contribution in [3.05, 3.63) is 33.3 Å². The van der Waals surface area contributed by atoms with Crippen molar-refractivity contribution in [2.45, 2.75) is 52.0 Å². The predicted octanol–water partition coefficient (Wildman–Crippen LogP) is 5.97. The lowest BCUT2D eigenvalue weighted by Gasteiger charge is -2.24. The maximum atomic E-state index is 6.41. The molecule has 1 N–H and O–H groups in total. The molecule has 0 spiro atoms. The van der Waals surface area contributed by atoms with Crippen molar-refractivity contribution in [2.24, 2.45) is 5.92 Å². The number of hydrogen-bond acceptors (Lipinski definition) is 1. The Morgan fingerprint density at radius 1 is 1.32 bits per heavy atom. The molecule has 2 unspecified atom stereocenters. The minimum Gasteiger partial charge on any atom is -0.313 e. The number of unbranched alkanes of at least 4 members (excludes halogenated alkanes) is 1. The maximum absolute atomic E-state index is 6.41. The number of benzene rings is 1. The SMILES string of the molecule is CCCCC(CC)CC(NC)c1cccc(Br)c1Cl. The molecule has 0 aliphatic carbocycles. The van der Waals surface area contributed by atoms with Gasteiger partial charge in [-0.3, -0.25) is 0 Å². The van der Waals surface area contributed by atoms with Crippen LogP contribution in [0.4, 0.5) is 0 Å². The fraction of sp³-hybridized carbons (Fsp3) is 0.625. The lowest BCUT2D eigenvalue weighted by Crippen LogP contribution is -2.20. The first kappa shape index (κ1) is 17.0. The zero-order valence-electron chi connectivity index (χ0n) is 12.2. The average Bonchev–Trinajstić information content (AvgIpc) is 2.43. The number of hydrogen-bond donors (Lipinski definition) is 1. The fourth-order valence-corrected chi connectivity index (χ4v) is 3.14. The molecule has 0 heterocycles. The van der Waals surface area contributed by atoms with E-state index in [4.69, 9.17) is 11.6 Å². The Balaban J connectivity index is 2.79. The van der Waals surface area contributed by atoms with Gasteiger partial charge < -0.3 is 5.32 Å². The van der Waals surface area contributed by atoms with Crippen LogP contribution in [0.1, 0.15) is 57.6 Å². The molecule has 1 aromatic rings. The zero-order chi connectivity index (χ0) is 14.3. The molecule has 19 heavy (non-hydrogen) atoms. The van der Waals surface area contributed by atoms with Gasteiger partial charge in [-0.15, -0.1) is 0 Å². The van der Waals surface area contributed by atoms with Crippen molar-refractivity contribution in [1.29, 1.82) is 0 Å². The van der Waals surface area contributed by atoms with E-state index in [0.717, 1.165) is 21.8 Å². The van der Waals surface area contributed by atoms with Crippen molar-refractivity contribution < 1.29 is 0 Å². The summed E-state index contributed by atoms with van der Waals surface area (Å²) in [6, 6.07) is 6.52. The van der Waals surface area contributed by atoms with Gasteiger partial charge in [0.2, 0.25) is 0 Å². The molecule has 0 saturated heterocycles. The Kier molecular flexibility index (Phi) is 8.05. The van der Waals surface area contributed by atoms with E-state index in [1.54, 1.807) is 0 Å². The van der Waals surface area contributed by atoms with Gasteiger partial charge >= 0.3 is 0 Å².